The molecule has 10 heavy (non-hydrogen) atoms. The summed E-state index contributed by atoms with van der Waals surface area (Å²) in [5, 5.41) is 0. The van der Waals surface area contributed by atoms with Crippen LogP contribution in [0.5, 0.6) is 0 Å². The predicted octanol–water partition coefficient (Wildman–Crippen LogP) is 1.19. The van der Waals surface area contributed by atoms with Gasteiger partial charge in [-0.25, -0.2) is 4.57 Å². The minimum absolute atomic E-state index is 0.0772. The van der Waals surface area contributed by atoms with Crippen molar-refractivity contribution < 1.29 is 18.9 Å². The van der Waals surface area contributed by atoms with Gasteiger partial charge in [0.15, 0.2) is 0 Å². The number of phosphoric acid groups is 1. The van der Waals surface area contributed by atoms with Crippen molar-refractivity contribution in [1.29, 1.82) is 0 Å². The van der Waals surface area contributed by atoms with Crippen LogP contribution in [-0.4, -0.2) is 9.79 Å². The minimum atomic E-state index is -4.39. The van der Waals surface area contributed by atoms with Crippen LogP contribution in [0.2, 0.25) is 0 Å². The first-order chi connectivity index (χ1) is 4.49. The molecule has 0 atom stereocenters. The lowest BCUT2D eigenvalue weighted by molar-refractivity contribution is 0.247. The van der Waals surface area contributed by atoms with Gasteiger partial charge in [-0.05, 0) is 19.1 Å². The van der Waals surface area contributed by atoms with Crippen LogP contribution in [0.25, 0.3) is 0 Å². The summed E-state index contributed by atoms with van der Waals surface area (Å²) in [4.78, 5) is 16.5. The molecule has 0 aromatic heterocycles. The van der Waals surface area contributed by atoms with Gasteiger partial charge in [0.25, 0.3) is 0 Å². The van der Waals surface area contributed by atoms with E-state index in [9.17, 15) is 4.57 Å². The summed E-state index contributed by atoms with van der Waals surface area (Å²) in [5.74, 6) is 0.0772. The largest absolute Gasteiger partial charge is 0.524 e. The number of phosphoric ester groups is 1. The summed E-state index contributed by atoms with van der Waals surface area (Å²) in [6.07, 6.45) is 2.63. The Morgan fingerprint density at radius 2 is 2.20 bits per heavy atom. The fraction of sp³-hybridized carbons (Fsp3) is 0.200. The maximum atomic E-state index is 10.1. The first-order valence-electron chi connectivity index (χ1n) is 2.53. The Kier molecular flexibility index (Phi) is 3.36. The minimum Gasteiger partial charge on any atom is -0.405 e. The molecule has 0 aliphatic rings. The van der Waals surface area contributed by atoms with Gasteiger partial charge in [0.1, 0.15) is 5.76 Å². The number of allylic oxidation sites excluding steroid dienone is 2. The Balaban J connectivity index is 4.15. The van der Waals surface area contributed by atoms with Gasteiger partial charge < -0.3 is 4.52 Å². The number of hydrogen-bond acceptors (Lipinski definition) is 2. The number of hydrogen-bond donors (Lipinski definition) is 2. The average molecular weight is 164 g/mol. The molecule has 4 nitrogen and oxygen atoms in total. The molecular weight excluding hydrogens is 155 g/mol. The lowest BCUT2D eigenvalue weighted by Gasteiger charge is -2.05. The second kappa shape index (κ2) is 3.56. The molecule has 0 saturated heterocycles. The Bertz CT molecular complexity index is 190. The smallest absolute Gasteiger partial charge is 0.405 e. The predicted molar refractivity (Wildman–Crippen MR) is 37.1 cm³/mol. The summed E-state index contributed by atoms with van der Waals surface area (Å²) in [7, 11) is -4.39. The van der Waals surface area contributed by atoms with E-state index in [0.29, 0.717) is 0 Å². The molecule has 58 valence electrons. The van der Waals surface area contributed by atoms with Crippen molar-refractivity contribution in [2.75, 3.05) is 0 Å². The zero-order valence-corrected chi connectivity index (χ0v) is 6.41. The molecule has 0 fully saturated rings. The van der Waals surface area contributed by atoms with Crippen molar-refractivity contribution in [1.82, 2.24) is 0 Å². The van der Waals surface area contributed by atoms with Gasteiger partial charge in [0.05, 0.1) is 0 Å². The summed E-state index contributed by atoms with van der Waals surface area (Å²) >= 11 is 0. The highest BCUT2D eigenvalue weighted by Gasteiger charge is 2.14. The molecule has 0 aliphatic heterocycles. The van der Waals surface area contributed by atoms with Crippen LogP contribution in [0.4, 0.5) is 0 Å². The fourth-order valence-electron chi connectivity index (χ4n) is 0.345. The second-order valence-corrected chi connectivity index (χ2v) is 2.64. The molecule has 0 aromatic carbocycles. The highest BCUT2D eigenvalue weighted by Crippen LogP contribution is 2.38. The van der Waals surface area contributed by atoms with E-state index in [1.807, 2.05) is 0 Å². The quantitative estimate of drug-likeness (QED) is 0.373. The van der Waals surface area contributed by atoms with Gasteiger partial charge in [0, 0.05) is 0 Å². The Hall–Kier alpha value is -0.570. The summed E-state index contributed by atoms with van der Waals surface area (Å²) < 4.78 is 14.3. The highest BCUT2D eigenvalue weighted by molar-refractivity contribution is 7.46. The van der Waals surface area contributed by atoms with Crippen LogP contribution in [0.1, 0.15) is 6.92 Å². The van der Waals surface area contributed by atoms with Gasteiger partial charge >= 0.3 is 7.82 Å². The van der Waals surface area contributed by atoms with E-state index >= 15 is 0 Å². The van der Waals surface area contributed by atoms with E-state index in [4.69, 9.17) is 9.79 Å². The molecule has 2 N–H and O–H groups in total. The number of rotatable bonds is 3. The second-order valence-electron chi connectivity index (χ2n) is 1.48. The third kappa shape index (κ3) is 4.32. The van der Waals surface area contributed by atoms with Gasteiger partial charge in [-0.2, -0.15) is 0 Å². The zero-order valence-electron chi connectivity index (χ0n) is 5.52. The van der Waals surface area contributed by atoms with Crippen molar-refractivity contribution in [2.24, 2.45) is 0 Å². The maximum absolute atomic E-state index is 10.1. The third-order valence-electron chi connectivity index (χ3n) is 0.710. The van der Waals surface area contributed by atoms with E-state index in [1.54, 1.807) is 6.92 Å². The van der Waals surface area contributed by atoms with Gasteiger partial charge in [-0.1, -0.05) is 6.58 Å². The van der Waals surface area contributed by atoms with E-state index in [1.165, 1.54) is 12.2 Å². The van der Waals surface area contributed by atoms with Crippen LogP contribution in [0.3, 0.4) is 0 Å². The van der Waals surface area contributed by atoms with Crippen LogP contribution >= 0.6 is 7.82 Å². The Labute approximate surface area is 59.1 Å². The van der Waals surface area contributed by atoms with Crippen molar-refractivity contribution in [3.8, 4) is 0 Å². The lowest BCUT2D eigenvalue weighted by Crippen LogP contribution is -1.85. The van der Waals surface area contributed by atoms with E-state index < -0.39 is 7.82 Å². The van der Waals surface area contributed by atoms with Crippen LogP contribution < -0.4 is 0 Å². The lowest BCUT2D eigenvalue weighted by atomic mass is 10.5. The molecule has 0 aliphatic carbocycles. The van der Waals surface area contributed by atoms with Crippen molar-refractivity contribution in [2.45, 2.75) is 6.92 Å². The molecule has 0 aromatic rings. The molecule has 0 radical (unpaired) electrons. The zero-order chi connectivity index (χ0) is 8.20. The van der Waals surface area contributed by atoms with E-state index in [0.717, 1.165) is 0 Å². The molecule has 5 heteroatoms. The van der Waals surface area contributed by atoms with Crippen LogP contribution in [-0.2, 0) is 9.09 Å². The van der Waals surface area contributed by atoms with Crippen LogP contribution in [0.15, 0.2) is 24.5 Å². The standard InChI is InChI=1S/C5H9O4P/c1-3-5(4-2)9-10(6,7)8/h3-4H,1H2,2H3,(H2,6,7,8). The van der Waals surface area contributed by atoms with Gasteiger partial charge in [-0.15, -0.1) is 0 Å². The fourth-order valence-corrected chi connectivity index (χ4v) is 0.800. The van der Waals surface area contributed by atoms with Crippen molar-refractivity contribution in [3.05, 3.63) is 24.5 Å². The molecule has 0 unspecified atom stereocenters. The van der Waals surface area contributed by atoms with Crippen LogP contribution in [0, 0.1) is 0 Å². The molecule has 0 spiro atoms. The molecule has 0 rings (SSSR count). The average Bonchev–Trinajstić information content (AvgIpc) is 1.81. The first kappa shape index (κ1) is 9.43. The summed E-state index contributed by atoms with van der Waals surface area (Å²) in [6.45, 7) is 4.87. The van der Waals surface area contributed by atoms with Gasteiger partial charge in [-0.3, -0.25) is 9.79 Å². The molecule has 0 saturated carbocycles. The molecular formula is C5H9O4P. The van der Waals surface area contributed by atoms with Gasteiger partial charge in [0.2, 0.25) is 0 Å². The normalized spacial score (nSPS) is 12.9. The summed E-state index contributed by atoms with van der Waals surface area (Å²) in [6, 6.07) is 0. The molecule has 0 amide bonds. The monoisotopic (exact) mass is 164 g/mol. The van der Waals surface area contributed by atoms with E-state index in [-0.39, 0.29) is 5.76 Å². The van der Waals surface area contributed by atoms with Crippen molar-refractivity contribution >= 4 is 7.82 Å². The Morgan fingerprint density at radius 1 is 1.70 bits per heavy atom. The third-order valence-corrected chi connectivity index (χ3v) is 1.16. The highest BCUT2D eigenvalue weighted by atomic mass is 31.2. The summed E-state index contributed by atoms with van der Waals surface area (Å²) in [5.41, 5.74) is 0. The topological polar surface area (TPSA) is 66.8 Å². The maximum Gasteiger partial charge on any atom is 0.524 e. The first-order valence-corrected chi connectivity index (χ1v) is 4.06. The molecule has 0 heterocycles. The molecule has 0 bridgehead atoms. The Morgan fingerprint density at radius 3 is 2.30 bits per heavy atom. The van der Waals surface area contributed by atoms with Crippen molar-refractivity contribution in [3.63, 3.8) is 0 Å². The van der Waals surface area contributed by atoms with E-state index in [2.05, 4.69) is 11.1 Å². The SMILES string of the molecule is C=CC(=CC)OP(=O)(O)O.